The van der Waals surface area contributed by atoms with Crippen LogP contribution in [0.5, 0.6) is 0 Å². The second-order valence-corrected chi connectivity index (χ2v) is 6.02. The zero-order valence-corrected chi connectivity index (χ0v) is 12.9. The minimum Gasteiger partial charge on any atom is -0.364 e. The van der Waals surface area contributed by atoms with Gasteiger partial charge in [-0.1, -0.05) is 30.3 Å². The predicted octanol–water partition coefficient (Wildman–Crippen LogP) is 1.30. The molecule has 1 saturated heterocycles. The number of rotatable bonds is 3. The number of carbonyl (C=O) groups is 1. The molecule has 0 spiro atoms. The van der Waals surface area contributed by atoms with Crippen LogP contribution in [-0.4, -0.2) is 42.4 Å². The molecule has 22 heavy (non-hydrogen) atoms. The van der Waals surface area contributed by atoms with E-state index in [9.17, 15) is 10.1 Å². The van der Waals surface area contributed by atoms with E-state index in [1.165, 1.54) is 11.1 Å². The molecule has 0 bridgehead atoms. The highest BCUT2D eigenvalue weighted by atomic mass is 16.2. The van der Waals surface area contributed by atoms with E-state index in [1.54, 1.807) is 0 Å². The lowest BCUT2D eigenvalue weighted by atomic mass is 9.90. The summed E-state index contributed by atoms with van der Waals surface area (Å²) in [5.41, 5.74) is 2.38. The fourth-order valence-electron chi connectivity index (χ4n) is 3.38. The highest BCUT2D eigenvalue weighted by Gasteiger charge is 2.44. The number of amides is 1. The molecule has 3 rings (SSSR count). The van der Waals surface area contributed by atoms with E-state index in [2.05, 4.69) is 28.4 Å². The maximum atomic E-state index is 12.3. The van der Waals surface area contributed by atoms with E-state index < -0.39 is 5.92 Å². The number of hydrogen-bond acceptors (Lipinski definition) is 4. The van der Waals surface area contributed by atoms with Gasteiger partial charge in [0.05, 0.1) is 12.1 Å². The van der Waals surface area contributed by atoms with Crippen molar-refractivity contribution >= 4 is 5.91 Å². The largest absolute Gasteiger partial charge is 0.364 e. The number of hydrogen-bond donors (Lipinski definition) is 1. The average Bonchev–Trinajstić information content (AvgIpc) is 2.91. The molecule has 2 atom stereocenters. The highest BCUT2D eigenvalue weighted by Crippen LogP contribution is 2.35. The Balaban J connectivity index is 1.94. The Kier molecular flexibility index (Phi) is 3.86. The van der Waals surface area contributed by atoms with E-state index in [1.807, 2.05) is 37.2 Å². The lowest BCUT2D eigenvalue weighted by molar-refractivity contribution is -0.125. The lowest BCUT2D eigenvalue weighted by Crippen LogP contribution is -2.50. The summed E-state index contributed by atoms with van der Waals surface area (Å²) in [6.07, 6.45) is 0.892. The van der Waals surface area contributed by atoms with Crippen LogP contribution in [0.4, 0.5) is 0 Å². The van der Waals surface area contributed by atoms with Crippen molar-refractivity contribution in [3.05, 3.63) is 47.3 Å². The summed E-state index contributed by atoms with van der Waals surface area (Å²) in [6.45, 7) is 1.64. The van der Waals surface area contributed by atoms with E-state index in [0.29, 0.717) is 0 Å². The zero-order chi connectivity index (χ0) is 15.7. The molecule has 1 aromatic carbocycles. The highest BCUT2D eigenvalue weighted by molar-refractivity contribution is 5.85. The molecule has 1 N–H and O–H groups in total. The Morgan fingerprint density at radius 3 is 2.73 bits per heavy atom. The van der Waals surface area contributed by atoms with Gasteiger partial charge in [-0.15, -0.1) is 0 Å². The Labute approximate surface area is 130 Å². The quantitative estimate of drug-likeness (QED) is 0.913. The molecule has 5 nitrogen and oxygen atoms in total. The summed E-state index contributed by atoms with van der Waals surface area (Å²) in [7, 11) is 3.85. The van der Waals surface area contributed by atoms with Gasteiger partial charge in [0, 0.05) is 27.2 Å². The number of nitrogens with zero attached hydrogens (tertiary/aromatic N) is 3. The normalized spacial score (nSPS) is 24.7. The third kappa shape index (κ3) is 2.46. The van der Waals surface area contributed by atoms with Crippen molar-refractivity contribution in [2.45, 2.75) is 19.0 Å². The molecule has 0 aromatic heterocycles. The molecule has 2 aliphatic rings. The molecule has 5 heteroatoms. The summed E-state index contributed by atoms with van der Waals surface area (Å²) in [5.74, 6) is 0.0295. The molecular formula is C17H20N4O. The van der Waals surface area contributed by atoms with Crippen LogP contribution in [0, 0.1) is 17.2 Å². The number of benzene rings is 1. The van der Waals surface area contributed by atoms with Crippen molar-refractivity contribution < 1.29 is 4.79 Å². The van der Waals surface area contributed by atoms with Crippen molar-refractivity contribution in [2.24, 2.45) is 5.92 Å². The van der Waals surface area contributed by atoms with Crippen LogP contribution in [0.1, 0.15) is 12.0 Å². The number of carbonyl (C=O) groups excluding carboxylic acids is 1. The molecule has 1 amide bonds. The van der Waals surface area contributed by atoms with Crippen molar-refractivity contribution in [1.29, 1.82) is 5.26 Å². The van der Waals surface area contributed by atoms with Gasteiger partial charge >= 0.3 is 0 Å². The first kappa shape index (κ1) is 14.6. The van der Waals surface area contributed by atoms with Crippen LogP contribution >= 0.6 is 0 Å². The SMILES string of the molecule is CN(C)C1=C2CCN(Cc3ccccc3)[C@@H]2[C@H](C#N)C(=O)N1. The number of likely N-dealkylation sites (tertiary alicyclic amines) is 1. The minimum atomic E-state index is -0.634. The average molecular weight is 296 g/mol. The lowest BCUT2D eigenvalue weighted by Gasteiger charge is -2.35. The number of nitrogens with one attached hydrogen (secondary N) is 1. The molecule has 2 heterocycles. The van der Waals surface area contributed by atoms with Crippen LogP contribution in [0.2, 0.25) is 0 Å². The van der Waals surface area contributed by atoms with Crippen LogP contribution in [-0.2, 0) is 11.3 Å². The van der Waals surface area contributed by atoms with Gasteiger partial charge in [0.2, 0.25) is 5.91 Å². The van der Waals surface area contributed by atoms with Crippen LogP contribution < -0.4 is 5.32 Å². The van der Waals surface area contributed by atoms with Crippen LogP contribution in [0.15, 0.2) is 41.7 Å². The van der Waals surface area contributed by atoms with Gasteiger partial charge < -0.3 is 10.2 Å². The van der Waals surface area contributed by atoms with Crippen molar-refractivity contribution in [3.63, 3.8) is 0 Å². The summed E-state index contributed by atoms with van der Waals surface area (Å²) >= 11 is 0. The van der Waals surface area contributed by atoms with Gasteiger partial charge in [0.15, 0.2) is 0 Å². The predicted molar refractivity (Wildman–Crippen MR) is 83.2 cm³/mol. The van der Waals surface area contributed by atoms with Gasteiger partial charge in [-0.3, -0.25) is 9.69 Å². The first-order valence-electron chi connectivity index (χ1n) is 7.50. The van der Waals surface area contributed by atoms with Gasteiger partial charge in [-0.05, 0) is 17.6 Å². The smallest absolute Gasteiger partial charge is 0.244 e. The first-order valence-corrected chi connectivity index (χ1v) is 7.50. The Bertz CT molecular complexity index is 644. The molecule has 0 unspecified atom stereocenters. The summed E-state index contributed by atoms with van der Waals surface area (Å²) in [6, 6.07) is 12.3. The molecule has 0 radical (unpaired) electrons. The number of nitriles is 1. The Hall–Kier alpha value is -2.32. The zero-order valence-electron chi connectivity index (χ0n) is 12.9. The monoisotopic (exact) mass is 296 g/mol. The second kappa shape index (κ2) is 5.82. The third-order valence-electron chi connectivity index (χ3n) is 4.38. The summed E-state index contributed by atoms with van der Waals surface area (Å²) < 4.78 is 0. The molecule has 1 aromatic rings. The second-order valence-electron chi connectivity index (χ2n) is 6.02. The summed E-state index contributed by atoms with van der Waals surface area (Å²) in [5, 5.41) is 12.3. The topological polar surface area (TPSA) is 59.4 Å². The van der Waals surface area contributed by atoms with E-state index in [4.69, 9.17) is 0 Å². The third-order valence-corrected chi connectivity index (χ3v) is 4.38. The van der Waals surface area contributed by atoms with Gasteiger partial charge in [-0.25, -0.2) is 0 Å². The maximum Gasteiger partial charge on any atom is 0.244 e. The fraction of sp³-hybridized carbons (Fsp3) is 0.412. The first-order chi connectivity index (χ1) is 10.6. The fourth-order valence-corrected chi connectivity index (χ4v) is 3.38. The molecular weight excluding hydrogens is 276 g/mol. The maximum absolute atomic E-state index is 12.3. The minimum absolute atomic E-state index is 0.114. The van der Waals surface area contributed by atoms with E-state index >= 15 is 0 Å². The van der Waals surface area contributed by atoms with Gasteiger partial charge in [0.25, 0.3) is 0 Å². The molecule has 1 fully saturated rings. The Morgan fingerprint density at radius 2 is 2.09 bits per heavy atom. The van der Waals surface area contributed by atoms with Crippen LogP contribution in [0.25, 0.3) is 0 Å². The Morgan fingerprint density at radius 1 is 1.36 bits per heavy atom. The van der Waals surface area contributed by atoms with Crippen LogP contribution in [0.3, 0.4) is 0 Å². The van der Waals surface area contributed by atoms with Gasteiger partial charge in [0.1, 0.15) is 11.7 Å². The van der Waals surface area contributed by atoms with E-state index in [-0.39, 0.29) is 11.9 Å². The van der Waals surface area contributed by atoms with E-state index in [0.717, 1.165) is 25.3 Å². The molecule has 114 valence electrons. The van der Waals surface area contributed by atoms with Crippen molar-refractivity contribution in [1.82, 2.24) is 15.1 Å². The van der Waals surface area contributed by atoms with Gasteiger partial charge in [-0.2, -0.15) is 5.26 Å². The molecule has 0 saturated carbocycles. The van der Waals surface area contributed by atoms with Crippen molar-refractivity contribution in [2.75, 3.05) is 20.6 Å². The summed E-state index contributed by atoms with van der Waals surface area (Å²) in [4.78, 5) is 16.4. The number of fused-ring (bicyclic) bond motifs is 1. The molecule has 0 aliphatic carbocycles. The molecule has 2 aliphatic heterocycles. The standard InChI is InChI=1S/C17H20N4O/c1-20(2)16-13-8-9-21(11-12-6-4-3-5-7-12)15(13)14(10-18)17(22)19-16/h3-7,14-15H,8-9,11H2,1-2H3,(H,19,22)/t14-,15-/m0/s1. The van der Waals surface area contributed by atoms with Crippen molar-refractivity contribution in [3.8, 4) is 6.07 Å².